The SMILES string of the molecule is CCCOc1ccc(NC(=O)CC2C(=O)N(c3ccc(OC)cc3)C(=O)N2C2CCCC2)cc1. The lowest BCUT2D eigenvalue weighted by atomic mass is 10.1. The molecule has 1 aliphatic heterocycles. The number of carbonyl (C=O) groups is 3. The number of rotatable bonds is 9. The minimum atomic E-state index is -0.829. The number of ether oxygens (including phenoxy) is 2. The average Bonchev–Trinajstić information content (AvgIpc) is 3.45. The van der Waals surface area contributed by atoms with E-state index in [1.54, 1.807) is 60.5 Å². The Morgan fingerprint density at radius 2 is 1.65 bits per heavy atom. The van der Waals surface area contributed by atoms with E-state index in [1.165, 1.54) is 4.90 Å². The lowest BCUT2D eigenvalue weighted by molar-refractivity contribution is -0.124. The second-order valence-electron chi connectivity index (χ2n) is 8.64. The van der Waals surface area contributed by atoms with E-state index in [4.69, 9.17) is 9.47 Å². The van der Waals surface area contributed by atoms with Gasteiger partial charge in [0.05, 0.1) is 25.8 Å². The molecule has 8 nitrogen and oxygen atoms in total. The highest BCUT2D eigenvalue weighted by Crippen LogP contribution is 2.34. The summed E-state index contributed by atoms with van der Waals surface area (Å²) in [5, 5.41) is 2.85. The minimum Gasteiger partial charge on any atom is -0.497 e. The monoisotopic (exact) mass is 465 g/mol. The molecule has 1 unspecified atom stereocenters. The molecule has 0 spiro atoms. The molecule has 1 aliphatic carbocycles. The second kappa shape index (κ2) is 10.6. The van der Waals surface area contributed by atoms with E-state index in [0.717, 1.165) is 37.9 Å². The van der Waals surface area contributed by atoms with Gasteiger partial charge in [-0.15, -0.1) is 0 Å². The predicted octanol–water partition coefficient (Wildman–Crippen LogP) is 4.59. The van der Waals surface area contributed by atoms with Crippen LogP contribution in [0.25, 0.3) is 0 Å². The molecule has 0 radical (unpaired) electrons. The Labute approximate surface area is 199 Å². The quantitative estimate of drug-likeness (QED) is 0.547. The molecule has 2 aromatic carbocycles. The zero-order valence-corrected chi connectivity index (χ0v) is 19.7. The van der Waals surface area contributed by atoms with Crippen LogP contribution in [0.2, 0.25) is 0 Å². The standard InChI is InChI=1S/C26H31N3O5/c1-3-16-34-22-12-8-18(9-13-22)27-24(30)17-23-25(31)29(20-10-14-21(33-2)15-11-20)26(32)28(23)19-6-4-5-7-19/h8-15,19,23H,3-7,16-17H2,1-2H3,(H,27,30). The van der Waals surface area contributed by atoms with Gasteiger partial charge in [-0.2, -0.15) is 0 Å². The highest BCUT2D eigenvalue weighted by atomic mass is 16.5. The molecule has 34 heavy (non-hydrogen) atoms. The molecule has 2 fully saturated rings. The van der Waals surface area contributed by atoms with Crippen molar-refractivity contribution in [1.29, 1.82) is 0 Å². The van der Waals surface area contributed by atoms with Crippen LogP contribution in [-0.4, -0.2) is 48.5 Å². The van der Waals surface area contributed by atoms with Crippen molar-refractivity contribution in [3.05, 3.63) is 48.5 Å². The van der Waals surface area contributed by atoms with Gasteiger partial charge in [0.1, 0.15) is 17.5 Å². The van der Waals surface area contributed by atoms with E-state index >= 15 is 0 Å². The Morgan fingerprint density at radius 3 is 2.26 bits per heavy atom. The maximum absolute atomic E-state index is 13.4. The first-order valence-electron chi connectivity index (χ1n) is 11.8. The Kier molecular flexibility index (Phi) is 7.35. The van der Waals surface area contributed by atoms with Gasteiger partial charge in [0.25, 0.3) is 5.91 Å². The highest BCUT2D eigenvalue weighted by molar-refractivity contribution is 6.22. The lowest BCUT2D eigenvalue weighted by Crippen LogP contribution is -2.43. The number of benzene rings is 2. The third kappa shape index (κ3) is 5.00. The summed E-state index contributed by atoms with van der Waals surface area (Å²) >= 11 is 0. The van der Waals surface area contributed by atoms with Gasteiger partial charge in [0.15, 0.2) is 0 Å². The molecule has 0 aromatic heterocycles. The Morgan fingerprint density at radius 1 is 1.00 bits per heavy atom. The van der Waals surface area contributed by atoms with Crippen molar-refractivity contribution < 1.29 is 23.9 Å². The number of imide groups is 1. The largest absolute Gasteiger partial charge is 0.497 e. The number of hydrogen-bond donors (Lipinski definition) is 1. The first kappa shape index (κ1) is 23.6. The topological polar surface area (TPSA) is 88.2 Å². The Bertz CT molecular complexity index is 1020. The Hall–Kier alpha value is -3.55. The zero-order valence-electron chi connectivity index (χ0n) is 19.7. The third-order valence-corrected chi connectivity index (χ3v) is 6.29. The molecule has 4 amide bonds. The van der Waals surface area contributed by atoms with E-state index < -0.39 is 6.04 Å². The van der Waals surface area contributed by atoms with Crippen LogP contribution in [0, 0.1) is 0 Å². The molecule has 8 heteroatoms. The van der Waals surface area contributed by atoms with Gasteiger partial charge in [0, 0.05) is 11.7 Å². The van der Waals surface area contributed by atoms with Crippen LogP contribution in [0.15, 0.2) is 48.5 Å². The van der Waals surface area contributed by atoms with Gasteiger partial charge in [-0.05, 0) is 67.8 Å². The van der Waals surface area contributed by atoms with Crippen molar-refractivity contribution in [3.63, 3.8) is 0 Å². The van der Waals surface area contributed by atoms with Gasteiger partial charge in [0.2, 0.25) is 5.91 Å². The second-order valence-corrected chi connectivity index (χ2v) is 8.64. The fraction of sp³-hybridized carbons (Fsp3) is 0.423. The highest BCUT2D eigenvalue weighted by Gasteiger charge is 2.49. The predicted molar refractivity (Wildman–Crippen MR) is 129 cm³/mol. The van der Waals surface area contributed by atoms with Crippen molar-refractivity contribution in [2.24, 2.45) is 0 Å². The molecular formula is C26H31N3O5. The van der Waals surface area contributed by atoms with E-state index in [-0.39, 0.29) is 30.3 Å². The third-order valence-electron chi connectivity index (χ3n) is 6.29. The van der Waals surface area contributed by atoms with Crippen molar-refractivity contribution in [1.82, 2.24) is 4.90 Å². The molecule has 180 valence electrons. The van der Waals surface area contributed by atoms with Crippen molar-refractivity contribution in [3.8, 4) is 11.5 Å². The molecule has 0 bridgehead atoms. The number of anilines is 2. The summed E-state index contributed by atoms with van der Waals surface area (Å²) in [7, 11) is 1.56. The fourth-order valence-electron chi connectivity index (χ4n) is 4.60. The van der Waals surface area contributed by atoms with Gasteiger partial charge >= 0.3 is 6.03 Å². The van der Waals surface area contributed by atoms with Crippen molar-refractivity contribution in [2.75, 3.05) is 23.9 Å². The number of hydrogen-bond acceptors (Lipinski definition) is 5. The van der Waals surface area contributed by atoms with Crippen LogP contribution < -0.4 is 19.7 Å². The lowest BCUT2D eigenvalue weighted by Gasteiger charge is -2.27. The normalized spacial score (nSPS) is 18.5. The summed E-state index contributed by atoms with van der Waals surface area (Å²) in [4.78, 5) is 42.5. The summed E-state index contributed by atoms with van der Waals surface area (Å²) in [5.41, 5.74) is 1.09. The van der Waals surface area contributed by atoms with Crippen molar-refractivity contribution in [2.45, 2.75) is 57.5 Å². The molecule has 1 heterocycles. The van der Waals surface area contributed by atoms with Crippen LogP contribution in [-0.2, 0) is 9.59 Å². The van der Waals surface area contributed by atoms with Gasteiger partial charge in [-0.25, -0.2) is 9.69 Å². The molecule has 4 rings (SSSR count). The first-order chi connectivity index (χ1) is 16.5. The van der Waals surface area contributed by atoms with E-state index in [9.17, 15) is 14.4 Å². The van der Waals surface area contributed by atoms with E-state index in [0.29, 0.717) is 23.7 Å². The number of amides is 4. The van der Waals surface area contributed by atoms with Crippen LogP contribution in [0.1, 0.15) is 45.4 Å². The van der Waals surface area contributed by atoms with Crippen molar-refractivity contribution >= 4 is 29.2 Å². The summed E-state index contributed by atoms with van der Waals surface area (Å²) < 4.78 is 10.8. The van der Waals surface area contributed by atoms with Crippen LogP contribution in [0.4, 0.5) is 16.2 Å². The number of urea groups is 1. The van der Waals surface area contributed by atoms with Crippen LogP contribution in [0.5, 0.6) is 11.5 Å². The molecule has 2 aliphatic rings. The molecule has 1 atom stereocenters. The van der Waals surface area contributed by atoms with E-state index in [2.05, 4.69) is 5.32 Å². The minimum absolute atomic E-state index is 0.0347. The number of nitrogens with one attached hydrogen (secondary N) is 1. The van der Waals surface area contributed by atoms with Gasteiger partial charge < -0.3 is 19.7 Å². The van der Waals surface area contributed by atoms with E-state index in [1.807, 2.05) is 6.92 Å². The molecule has 2 aromatic rings. The summed E-state index contributed by atoms with van der Waals surface area (Å²) in [6, 6.07) is 12.7. The van der Waals surface area contributed by atoms with Gasteiger partial charge in [-0.3, -0.25) is 9.59 Å². The molecule has 1 saturated carbocycles. The number of carbonyl (C=O) groups excluding carboxylic acids is 3. The fourth-order valence-corrected chi connectivity index (χ4v) is 4.60. The summed E-state index contributed by atoms with van der Waals surface area (Å²) in [5.74, 6) is 0.685. The molecule has 1 saturated heterocycles. The number of methoxy groups -OCH3 is 1. The Balaban J connectivity index is 1.50. The summed E-state index contributed by atoms with van der Waals surface area (Å²) in [6.07, 6.45) is 4.52. The van der Waals surface area contributed by atoms with Crippen LogP contribution >= 0.6 is 0 Å². The smallest absolute Gasteiger partial charge is 0.332 e. The first-order valence-corrected chi connectivity index (χ1v) is 11.8. The summed E-state index contributed by atoms with van der Waals surface area (Å²) in [6.45, 7) is 2.67. The maximum atomic E-state index is 13.4. The zero-order chi connectivity index (χ0) is 24.1. The number of nitrogens with zero attached hydrogens (tertiary/aromatic N) is 2. The van der Waals surface area contributed by atoms with Crippen LogP contribution in [0.3, 0.4) is 0 Å². The molecule has 1 N–H and O–H groups in total. The average molecular weight is 466 g/mol. The molecular weight excluding hydrogens is 434 g/mol. The maximum Gasteiger partial charge on any atom is 0.332 e. The van der Waals surface area contributed by atoms with Gasteiger partial charge in [-0.1, -0.05) is 19.8 Å².